The second-order valence-electron chi connectivity index (χ2n) is 7.54. The molecular weight excluding hydrogens is 332 g/mol. The number of esters is 1. The first-order valence-corrected chi connectivity index (χ1v) is 9.37. The van der Waals surface area contributed by atoms with Crippen LogP contribution in [0.4, 0.5) is 0 Å². The van der Waals surface area contributed by atoms with E-state index in [1.165, 1.54) is 0 Å². The Balaban J connectivity index is 1.40. The highest BCUT2D eigenvalue weighted by Gasteiger charge is 2.48. The minimum atomic E-state index is -0.567. The van der Waals surface area contributed by atoms with Crippen LogP contribution in [0.5, 0.6) is 0 Å². The summed E-state index contributed by atoms with van der Waals surface area (Å²) in [6.07, 6.45) is 2.76. The lowest BCUT2D eigenvalue weighted by atomic mass is 9.83. The van der Waals surface area contributed by atoms with Gasteiger partial charge in [-0.15, -0.1) is 0 Å². The quantitative estimate of drug-likeness (QED) is 0.721. The second-order valence-corrected chi connectivity index (χ2v) is 7.54. The van der Waals surface area contributed by atoms with E-state index in [2.05, 4.69) is 0 Å². The number of carbonyl (C=O) groups excluding carboxylic acids is 3. The molecule has 0 aromatic heterocycles. The van der Waals surface area contributed by atoms with Gasteiger partial charge in [0.25, 0.3) is 0 Å². The summed E-state index contributed by atoms with van der Waals surface area (Å²) >= 11 is 0. The summed E-state index contributed by atoms with van der Waals surface area (Å²) in [6.45, 7) is 4.11. The van der Waals surface area contributed by atoms with Crippen LogP contribution in [0.1, 0.15) is 48.5 Å². The van der Waals surface area contributed by atoms with E-state index in [0.29, 0.717) is 44.6 Å². The Morgan fingerprint density at radius 1 is 1.04 bits per heavy atom. The van der Waals surface area contributed by atoms with Crippen LogP contribution >= 0.6 is 0 Å². The summed E-state index contributed by atoms with van der Waals surface area (Å²) in [5, 5.41) is 0. The second kappa shape index (κ2) is 6.41. The lowest BCUT2D eigenvalue weighted by Crippen LogP contribution is -2.49. The summed E-state index contributed by atoms with van der Waals surface area (Å²) in [5.41, 5.74) is 1.05. The summed E-state index contributed by atoms with van der Waals surface area (Å²) < 4.78 is 5.75. The highest BCUT2D eigenvalue weighted by molar-refractivity contribution is 5.94. The number of likely N-dealkylation sites (tertiary alicyclic amines) is 2. The maximum Gasteiger partial charge on any atom is 0.339 e. The van der Waals surface area contributed by atoms with Crippen molar-refractivity contribution in [2.45, 2.75) is 38.2 Å². The predicted molar refractivity (Wildman–Crippen MR) is 94.3 cm³/mol. The maximum absolute atomic E-state index is 12.9. The summed E-state index contributed by atoms with van der Waals surface area (Å²) in [4.78, 5) is 40.2. The number of fused-ring (bicyclic) bond motifs is 2. The SMILES string of the molecule is CC(=O)N1CCC(C(=O)N2CCC3(CC2)OC(=O)c2ccccc23)CC1. The number of piperidine rings is 2. The molecule has 0 atom stereocenters. The standard InChI is InChI=1S/C20H24N2O4/c1-14(23)21-10-6-15(7-11-21)18(24)22-12-8-20(9-13-22)17-5-3-2-4-16(17)19(25)26-20/h2-5,15H,6-13H2,1H3. The van der Waals surface area contributed by atoms with Gasteiger partial charge < -0.3 is 14.5 Å². The molecule has 1 aromatic rings. The molecule has 2 saturated heterocycles. The first-order chi connectivity index (χ1) is 12.5. The van der Waals surface area contributed by atoms with Crippen molar-refractivity contribution in [1.82, 2.24) is 9.80 Å². The molecule has 138 valence electrons. The van der Waals surface area contributed by atoms with Gasteiger partial charge in [-0.3, -0.25) is 9.59 Å². The molecule has 1 aromatic carbocycles. The van der Waals surface area contributed by atoms with Crippen molar-refractivity contribution in [3.05, 3.63) is 35.4 Å². The first kappa shape index (κ1) is 17.1. The molecule has 0 saturated carbocycles. The molecule has 0 N–H and O–H groups in total. The van der Waals surface area contributed by atoms with Crippen LogP contribution in [-0.4, -0.2) is 53.8 Å². The van der Waals surface area contributed by atoms with Crippen molar-refractivity contribution in [2.75, 3.05) is 26.2 Å². The number of amides is 2. The van der Waals surface area contributed by atoms with E-state index in [1.54, 1.807) is 6.92 Å². The van der Waals surface area contributed by atoms with Crippen molar-refractivity contribution < 1.29 is 19.1 Å². The highest BCUT2D eigenvalue weighted by atomic mass is 16.6. The van der Waals surface area contributed by atoms with Crippen LogP contribution in [-0.2, 0) is 19.9 Å². The van der Waals surface area contributed by atoms with Gasteiger partial charge in [-0.05, 0) is 18.9 Å². The Labute approximate surface area is 153 Å². The third-order valence-corrected chi connectivity index (χ3v) is 6.10. The molecule has 6 heteroatoms. The van der Waals surface area contributed by atoms with E-state index in [0.717, 1.165) is 18.4 Å². The van der Waals surface area contributed by atoms with Crippen LogP contribution in [0.15, 0.2) is 24.3 Å². The number of hydrogen-bond acceptors (Lipinski definition) is 4. The monoisotopic (exact) mass is 356 g/mol. The zero-order valence-electron chi connectivity index (χ0n) is 15.1. The highest BCUT2D eigenvalue weighted by Crippen LogP contribution is 2.44. The van der Waals surface area contributed by atoms with Gasteiger partial charge in [0.15, 0.2) is 0 Å². The molecule has 3 aliphatic heterocycles. The van der Waals surface area contributed by atoms with Crippen LogP contribution in [0.25, 0.3) is 0 Å². The Kier molecular flexibility index (Phi) is 4.21. The van der Waals surface area contributed by atoms with Crippen molar-refractivity contribution in [2.24, 2.45) is 5.92 Å². The van der Waals surface area contributed by atoms with Gasteiger partial charge in [-0.1, -0.05) is 18.2 Å². The molecule has 0 unspecified atom stereocenters. The molecule has 2 amide bonds. The topological polar surface area (TPSA) is 66.9 Å². The van der Waals surface area contributed by atoms with E-state index in [-0.39, 0.29) is 23.7 Å². The Morgan fingerprint density at radius 3 is 2.35 bits per heavy atom. The maximum atomic E-state index is 12.9. The fourth-order valence-corrected chi connectivity index (χ4v) is 4.51. The van der Waals surface area contributed by atoms with Crippen molar-refractivity contribution >= 4 is 17.8 Å². The Bertz CT molecular complexity index is 744. The molecule has 3 aliphatic rings. The van der Waals surface area contributed by atoms with Crippen molar-refractivity contribution in [3.8, 4) is 0 Å². The molecular formula is C20H24N2O4. The Hall–Kier alpha value is -2.37. The number of benzene rings is 1. The fourth-order valence-electron chi connectivity index (χ4n) is 4.51. The fraction of sp³-hybridized carbons (Fsp3) is 0.550. The van der Waals surface area contributed by atoms with Gasteiger partial charge in [0, 0.05) is 57.4 Å². The number of nitrogens with zero attached hydrogens (tertiary/aromatic N) is 2. The Morgan fingerprint density at radius 2 is 1.69 bits per heavy atom. The van der Waals surface area contributed by atoms with Gasteiger partial charge >= 0.3 is 5.97 Å². The zero-order chi connectivity index (χ0) is 18.3. The van der Waals surface area contributed by atoms with Gasteiger partial charge in [0.1, 0.15) is 5.60 Å². The average Bonchev–Trinajstić information content (AvgIpc) is 2.94. The molecule has 6 nitrogen and oxygen atoms in total. The van der Waals surface area contributed by atoms with E-state index < -0.39 is 5.60 Å². The lowest BCUT2D eigenvalue weighted by Gasteiger charge is -2.40. The molecule has 3 heterocycles. The number of rotatable bonds is 1. The van der Waals surface area contributed by atoms with Gasteiger partial charge in [-0.25, -0.2) is 4.79 Å². The van der Waals surface area contributed by atoms with Gasteiger partial charge in [-0.2, -0.15) is 0 Å². The largest absolute Gasteiger partial charge is 0.450 e. The first-order valence-electron chi connectivity index (χ1n) is 9.37. The van der Waals surface area contributed by atoms with Gasteiger partial charge in [0.2, 0.25) is 11.8 Å². The molecule has 0 radical (unpaired) electrons. The summed E-state index contributed by atoms with van der Waals surface area (Å²) in [6, 6.07) is 7.57. The minimum Gasteiger partial charge on any atom is -0.450 e. The van der Waals surface area contributed by atoms with Crippen molar-refractivity contribution in [3.63, 3.8) is 0 Å². The van der Waals surface area contributed by atoms with Crippen LogP contribution < -0.4 is 0 Å². The molecule has 26 heavy (non-hydrogen) atoms. The third-order valence-electron chi connectivity index (χ3n) is 6.10. The van der Waals surface area contributed by atoms with Gasteiger partial charge in [0.05, 0.1) is 5.56 Å². The van der Waals surface area contributed by atoms with E-state index in [1.807, 2.05) is 34.1 Å². The van der Waals surface area contributed by atoms with Crippen LogP contribution in [0, 0.1) is 5.92 Å². The smallest absolute Gasteiger partial charge is 0.339 e. The zero-order valence-corrected chi connectivity index (χ0v) is 15.1. The molecule has 0 aliphatic carbocycles. The summed E-state index contributed by atoms with van der Waals surface area (Å²) in [5.74, 6) is 0.00762. The summed E-state index contributed by atoms with van der Waals surface area (Å²) in [7, 11) is 0. The molecule has 1 spiro atoms. The van der Waals surface area contributed by atoms with E-state index in [4.69, 9.17) is 4.74 Å². The van der Waals surface area contributed by atoms with Crippen molar-refractivity contribution in [1.29, 1.82) is 0 Å². The normalized spacial score (nSPS) is 22.3. The molecule has 4 rings (SSSR count). The minimum absolute atomic E-state index is 0.00179. The average molecular weight is 356 g/mol. The van der Waals surface area contributed by atoms with E-state index >= 15 is 0 Å². The molecule has 0 bridgehead atoms. The predicted octanol–water partition coefficient (Wildman–Crippen LogP) is 1.93. The number of ether oxygens (including phenoxy) is 1. The van der Waals surface area contributed by atoms with Crippen LogP contribution in [0.2, 0.25) is 0 Å². The molecule has 2 fully saturated rings. The van der Waals surface area contributed by atoms with E-state index in [9.17, 15) is 14.4 Å². The van der Waals surface area contributed by atoms with Crippen LogP contribution in [0.3, 0.4) is 0 Å². The number of hydrogen-bond donors (Lipinski definition) is 0. The lowest BCUT2D eigenvalue weighted by molar-refractivity contribution is -0.143. The third kappa shape index (κ3) is 2.77. The number of carbonyl (C=O) groups is 3.